The Labute approximate surface area is 611 Å². The quantitative estimate of drug-likeness (QED) is 0.0792. The number of hydrogen-bond donors (Lipinski definition) is 2. The molecule has 12 nitrogen and oxygen atoms in total. The van der Waals surface area contributed by atoms with Crippen molar-refractivity contribution in [2.24, 2.45) is 0 Å². The summed E-state index contributed by atoms with van der Waals surface area (Å²) in [5.41, 5.74) is 13.1. The number of aliphatic hydroxyl groups excluding tert-OH is 2. The van der Waals surface area contributed by atoms with Crippen LogP contribution in [0.25, 0.3) is 100 Å². The molecular formula is C82H77F3Ir2N5O7S-2. The number of hydrogen-bond acceptors (Lipinski definition) is 12. The molecule has 7 aromatic carbocycles. The third-order valence-corrected chi connectivity index (χ3v) is 15.5. The van der Waals surface area contributed by atoms with E-state index in [0.717, 1.165) is 109 Å². The molecule has 0 spiro atoms. The molecule has 519 valence electrons. The molecule has 0 atom stereocenters. The fourth-order valence-corrected chi connectivity index (χ4v) is 10.0. The molecular weight excluding hydrogens is 1640 g/mol. The van der Waals surface area contributed by atoms with Gasteiger partial charge in [-0.3, -0.25) is 4.98 Å². The molecule has 18 heteroatoms. The Hall–Kier alpha value is -9.19. The van der Waals surface area contributed by atoms with Crippen molar-refractivity contribution in [3.05, 3.63) is 296 Å². The van der Waals surface area contributed by atoms with Crippen LogP contribution in [0.5, 0.6) is 0 Å². The molecule has 0 aliphatic carbocycles. The van der Waals surface area contributed by atoms with Gasteiger partial charge < -0.3 is 43.5 Å². The molecule has 2 N–H and O–H groups in total. The first-order chi connectivity index (χ1) is 47.3. The van der Waals surface area contributed by atoms with Gasteiger partial charge >= 0.3 is 25.6 Å². The summed E-state index contributed by atoms with van der Waals surface area (Å²) in [6, 6.07) is 85.5. The number of halogens is 3. The van der Waals surface area contributed by atoms with Gasteiger partial charge in [-0.2, -0.15) is 13.2 Å². The van der Waals surface area contributed by atoms with E-state index in [0.29, 0.717) is 23.7 Å². The number of pyridine rings is 5. The number of aliphatic hydroxyl groups is 2. The zero-order valence-electron chi connectivity index (χ0n) is 56.9. The number of alkyl halides is 3. The van der Waals surface area contributed by atoms with Gasteiger partial charge in [0.15, 0.2) is 10.1 Å². The van der Waals surface area contributed by atoms with Gasteiger partial charge in [-0.25, -0.2) is 8.42 Å². The number of para-hydroxylation sites is 3. The summed E-state index contributed by atoms with van der Waals surface area (Å²) in [6.07, 6.45) is 9.13. The number of nitrogens with zero attached hydrogens (tertiary/aromatic N) is 5. The summed E-state index contributed by atoms with van der Waals surface area (Å²) >= 11 is 0. The van der Waals surface area contributed by atoms with E-state index in [1.807, 2.05) is 146 Å². The van der Waals surface area contributed by atoms with Gasteiger partial charge in [-0.1, -0.05) is 163 Å². The maximum Gasteiger partial charge on any atom is 3.00 e. The number of furan rings is 2. The smallest absolute Gasteiger partial charge is 0.741 e. The van der Waals surface area contributed by atoms with E-state index in [-0.39, 0.29) is 40.2 Å². The molecule has 0 saturated carbocycles. The summed E-state index contributed by atoms with van der Waals surface area (Å²) in [5.74, 6) is 1.78. The van der Waals surface area contributed by atoms with E-state index in [2.05, 4.69) is 190 Å². The molecule has 14 aromatic rings. The van der Waals surface area contributed by atoms with Gasteiger partial charge in [0.2, 0.25) is 0 Å². The zero-order chi connectivity index (χ0) is 70.8. The Morgan fingerprint density at radius 2 is 0.740 bits per heavy atom. The summed E-state index contributed by atoms with van der Waals surface area (Å²) < 4.78 is 71.7. The standard InChI is InChI=1S/C23H23NO.C23H22NO.3C11H8N.CHF3O3S.2CH4O.2Ir/c2*1-14(2)16-11-12-24-21(13-16)20-10-6-9-19-18-8-5-7-17(15(3)4)22(18)25-23(19)20;3*1-2-6-10(7-3-1)11-8-4-5-9-12-11;2-1(3,4)8(5,6)7;2*1-2;;/h5-15H,1-4H3;5-9,11-15H,1-4H3;3*1-6,8-9H;(H,5,6,7);2*2H,1H3;;/q;4*-1;;;;;+3/p-1. The number of fused-ring (bicyclic) bond motifs is 6. The van der Waals surface area contributed by atoms with Crippen molar-refractivity contribution in [3.8, 4) is 56.3 Å². The van der Waals surface area contributed by atoms with Crippen molar-refractivity contribution >= 4 is 54.0 Å². The fourth-order valence-electron chi connectivity index (χ4n) is 10.0. The van der Waals surface area contributed by atoms with E-state index in [4.69, 9.17) is 32.0 Å². The van der Waals surface area contributed by atoms with E-state index in [1.165, 1.54) is 27.6 Å². The number of benzene rings is 7. The minimum atomic E-state index is -6.09. The van der Waals surface area contributed by atoms with Gasteiger partial charge in [0.25, 0.3) is 0 Å². The number of rotatable bonds is 9. The third kappa shape index (κ3) is 22.2. The molecule has 7 heterocycles. The van der Waals surface area contributed by atoms with E-state index in [1.54, 1.807) is 18.6 Å². The van der Waals surface area contributed by atoms with Crippen molar-refractivity contribution in [1.29, 1.82) is 0 Å². The van der Waals surface area contributed by atoms with Crippen molar-refractivity contribution < 1.29 is 85.4 Å². The van der Waals surface area contributed by atoms with Crippen LogP contribution in [0.4, 0.5) is 13.2 Å². The molecule has 7 aromatic heterocycles. The van der Waals surface area contributed by atoms with Crippen molar-refractivity contribution in [1.82, 2.24) is 24.9 Å². The Balaban J connectivity index is 0.000000223. The normalized spacial score (nSPS) is 10.7. The third-order valence-electron chi connectivity index (χ3n) is 15.0. The minimum absolute atomic E-state index is 0. The molecule has 0 aliphatic rings. The van der Waals surface area contributed by atoms with Gasteiger partial charge in [0, 0.05) is 87.0 Å². The van der Waals surface area contributed by atoms with Gasteiger partial charge in [0.05, 0.1) is 11.3 Å². The molecule has 0 amide bonds. The average Bonchev–Trinajstić information content (AvgIpc) is 1.61. The Kier molecular flexibility index (Phi) is 32.7. The molecule has 0 fully saturated rings. The topological polar surface area (TPSA) is 188 Å². The van der Waals surface area contributed by atoms with Crippen LogP contribution < -0.4 is 0 Å². The van der Waals surface area contributed by atoms with E-state index >= 15 is 0 Å². The summed E-state index contributed by atoms with van der Waals surface area (Å²) in [6.45, 7) is 17.6. The maximum atomic E-state index is 10.7. The number of aromatic nitrogens is 5. The molecule has 0 bridgehead atoms. The van der Waals surface area contributed by atoms with Crippen LogP contribution in [0.1, 0.15) is 101 Å². The molecule has 1 radical (unpaired) electrons. The second kappa shape index (κ2) is 40.2. The Morgan fingerprint density at radius 1 is 0.390 bits per heavy atom. The van der Waals surface area contributed by atoms with E-state index in [9.17, 15) is 13.2 Å². The van der Waals surface area contributed by atoms with Crippen molar-refractivity contribution in [3.63, 3.8) is 0 Å². The predicted octanol–water partition coefficient (Wildman–Crippen LogP) is 20.5. The first-order valence-electron chi connectivity index (χ1n) is 31.6. The van der Waals surface area contributed by atoms with Gasteiger partial charge in [0.1, 0.15) is 16.7 Å². The van der Waals surface area contributed by atoms with Crippen LogP contribution in [0.15, 0.2) is 258 Å². The second-order valence-electron chi connectivity index (χ2n) is 22.9. The summed E-state index contributed by atoms with van der Waals surface area (Å²) in [7, 11) is -4.09. The zero-order valence-corrected chi connectivity index (χ0v) is 62.5. The SMILES string of the molecule is CC(C)c1ccnc(-c2[c-]ccc3c2oc2c(C(C)C)cccc23)c1.CC(C)c1ccnc(-c2cccc3c2oc2c(C(C)C)cccc23)c1.CO.CO.O=S(=O)([O-])C(F)(F)F.[Ir+3].[Ir].[c-]1ccccc1-c1ccccn1.[c-]1ccccc1-c1ccccn1.[c-]1ccccc1-c1ccccn1. The van der Waals surface area contributed by atoms with Crippen LogP contribution in [-0.4, -0.2) is 67.8 Å². The molecule has 0 saturated heterocycles. The van der Waals surface area contributed by atoms with Crippen LogP contribution in [0.3, 0.4) is 0 Å². The first kappa shape index (κ1) is 81.5. The Morgan fingerprint density at radius 3 is 1.10 bits per heavy atom. The summed E-state index contributed by atoms with van der Waals surface area (Å²) in [5, 5.41) is 18.6. The second-order valence-corrected chi connectivity index (χ2v) is 24.2. The molecule has 14 rings (SSSR count). The molecule has 100 heavy (non-hydrogen) atoms. The van der Waals surface area contributed by atoms with E-state index < -0.39 is 15.6 Å². The molecule has 0 unspecified atom stereocenters. The van der Waals surface area contributed by atoms with Gasteiger partial charge in [-0.05, 0) is 106 Å². The largest absolute Gasteiger partial charge is 3.00 e. The maximum absolute atomic E-state index is 10.7. The monoisotopic (exact) mass is 1720 g/mol. The van der Waals surface area contributed by atoms with Crippen LogP contribution in [-0.2, 0) is 50.3 Å². The fraction of sp³-hybridized carbons (Fsp3) is 0.183. The van der Waals surface area contributed by atoms with Gasteiger partial charge in [-0.15, -0.1) is 126 Å². The minimum Gasteiger partial charge on any atom is -0.741 e. The van der Waals surface area contributed by atoms with Crippen molar-refractivity contribution in [2.75, 3.05) is 14.2 Å². The first-order valence-corrected chi connectivity index (χ1v) is 33.0. The average molecular weight is 1720 g/mol. The van der Waals surface area contributed by atoms with Crippen molar-refractivity contribution in [2.45, 2.75) is 84.6 Å². The Bertz CT molecular complexity index is 4360. The van der Waals surface area contributed by atoms with Crippen LogP contribution in [0.2, 0.25) is 0 Å². The van der Waals surface area contributed by atoms with Crippen LogP contribution >= 0.6 is 0 Å². The molecule has 0 aliphatic heterocycles. The summed E-state index contributed by atoms with van der Waals surface area (Å²) in [4.78, 5) is 21.8. The predicted molar refractivity (Wildman–Crippen MR) is 387 cm³/mol. The van der Waals surface area contributed by atoms with Crippen LogP contribution in [0, 0.1) is 24.3 Å².